The van der Waals surface area contributed by atoms with Gasteiger partial charge in [0.05, 0.1) is 12.5 Å². The van der Waals surface area contributed by atoms with Gasteiger partial charge >= 0.3 is 5.97 Å². The second kappa shape index (κ2) is 11.1. The van der Waals surface area contributed by atoms with Gasteiger partial charge in [0.1, 0.15) is 0 Å². The van der Waals surface area contributed by atoms with Crippen molar-refractivity contribution in [2.24, 2.45) is 11.1 Å². The molecule has 0 spiro atoms. The first-order valence-electron chi connectivity index (χ1n) is 6.49. The summed E-state index contributed by atoms with van der Waals surface area (Å²) in [5.41, 5.74) is 4.71. The van der Waals surface area contributed by atoms with Gasteiger partial charge in [-0.05, 0) is 33.2 Å². The molecule has 0 radical (unpaired) electrons. The van der Waals surface area contributed by atoms with E-state index in [2.05, 4.69) is 10.1 Å². The standard InChI is InChI=1S/C13H26N2O3.ClH/c1-13(2,12(17)18-3)10-15-11(16)8-6-4-5-7-9-14;/h4-10,14H2,1-3H3,(H,15,16);1H. The molecule has 0 atom stereocenters. The molecule has 0 aromatic carbocycles. The fourth-order valence-corrected chi connectivity index (χ4v) is 1.54. The van der Waals surface area contributed by atoms with Crippen LogP contribution in [0.4, 0.5) is 0 Å². The van der Waals surface area contributed by atoms with E-state index in [-0.39, 0.29) is 24.3 Å². The maximum Gasteiger partial charge on any atom is 0.313 e. The minimum atomic E-state index is -0.677. The number of nitrogens with one attached hydrogen (secondary N) is 1. The van der Waals surface area contributed by atoms with Gasteiger partial charge in [-0.3, -0.25) is 9.59 Å². The molecular formula is C13H27ClN2O3. The van der Waals surface area contributed by atoms with Gasteiger partial charge in [-0.2, -0.15) is 0 Å². The van der Waals surface area contributed by atoms with Crippen molar-refractivity contribution in [3.8, 4) is 0 Å². The molecule has 0 aromatic rings. The molecule has 0 aliphatic carbocycles. The van der Waals surface area contributed by atoms with Crippen molar-refractivity contribution in [1.29, 1.82) is 0 Å². The Hall–Kier alpha value is -0.810. The van der Waals surface area contributed by atoms with Gasteiger partial charge in [-0.15, -0.1) is 12.4 Å². The first kappa shape index (κ1) is 20.5. The fraction of sp³-hybridized carbons (Fsp3) is 0.846. The van der Waals surface area contributed by atoms with Gasteiger partial charge < -0.3 is 15.8 Å². The number of rotatable bonds is 9. The van der Waals surface area contributed by atoms with E-state index in [4.69, 9.17) is 5.73 Å². The molecule has 0 heterocycles. The minimum Gasteiger partial charge on any atom is -0.469 e. The Balaban J connectivity index is 0. The van der Waals surface area contributed by atoms with Gasteiger partial charge in [0.15, 0.2) is 0 Å². The number of esters is 1. The topological polar surface area (TPSA) is 81.4 Å². The normalized spacial score (nSPS) is 10.5. The van der Waals surface area contributed by atoms with Crippen LogP contribution in [0.25, 0.3) is 0 Å². The molecule has 0 unspecified atom stereocenters. The average molecular weight is 295 g/mol. The quantitative estimate of drug-likeness (QED) is 0.500. The lowest BCUT2D eigenvalue weighted by atomic mass is 9.93. The molecule has 0 bridgehead atoms. The molecule has 0 saturated carbocycles. The van der Waals surface area contributed by atoms with E-state index in [1.807, 2.05) is 0 Å². The van der Waals surface area contributed by atoms with Crippen LogP contribution in [-0.2, 0) is 14.3 Å². The van der Waals surface area contributed by atoms with E-state index in [1.54, 1.807) is 13.8 Å². The number of amides is 1. The summed E-state index contributed by atoms with van der Waals surface area (Å²) in [7, 11) is 1.35. The third-order valence-corrected chi connectivity index (χ3v) is 2.82. The summed E-state index contributed by atoms with van der Waals surface area (Å²) in [4.78, 5) is 22.9. The fourth-order valence-electron chi connectivity index (χ4n) is 1.54. The van der Waals surface area contributed by atoms with Crippen molar-refractivity contribution in [1.82, 2.24) is 5.32 Å². The van der Waals surface area contributed by atoms with Crippen LogP contribution < -0.4 is 11.1 Å². The van der Waals surface area contributed by atoms with Gasteiger partial charge in [-0.25, -0.2) is 0 Å². The highest BCUT2D eigenvalue weighted by molar-refractivity contribution is 5.85. The van der Waals surface area contributed by atoms with E-state index >= 15 is 0 Å². The summed E-state index contributed by atoms with van der Waals surface area (Å²) < 4.78 is 4.67. The molecule has 0 aromatic heterocycles. The van der Waals surface area contributed by atoms with Crippen molar-refractivity contribution in [2.45, 2.75) is 46.0 Å². The van der Waals surface area contributed by atoms with Crippen LogP contribution in [0.1, 0.15) is 46.0 Å². The maximum absolute atomic E-state index is 11.5. The zero-order chi connectivity index (χ0) is 14.0. The molecule has 0 fully saturated rings. The van der Waals surface area contributed by atoms with E-state index in [0.29, 0.717) is 19.5 Å². The van der Waals surface area contributed by atoms with Crippen LogP contribution in [0.15, 0.2) is 0 Å². The number of carbonyl (C=O) groups excluding carboxylic acids is 2. The van der Waals surface area contributed by atoms with Crippen molar-refractivity contribution in [2.75, 3.05) is 20.2 Å². The van der Waals surface area contributed by atoms with E-state index in [0.717, 1.165) is 25.7 Å². The zero-order valence-electron chi connectivity index (χ0n) is 12.2. The lowest BCUT2D eigenvalue weighted by Crippen LogP contribution is -2.39. The Morgan fingerprint density at radius 2 is 1.74 bits per heavy atom. The number of carbonyl (C=O) groups is 2. The molecule has 3 N–H and O–H groups in total. The molecule has 5 nitrogen and oxygen atoms in total. The highest BCUT2D eigenvalue weighted by Gasteiger charge is 2.28. The SMILES string of the molecule is COC(=O)C(C)(C)CNC(=O)CCCCCCN.Cl. The lowest BCUT2D eigenvalue weighted by Gasteiger charge is -2.21. The molecule has 0 aliphatic rings. The van der Waals surface area contributed by atoms with Crippen LogP contribution in [0.5, 0.6) is 0 Å². The molecule has 0 aliphatic heterocycles. The maximum atomic E-state index is 11.5. The Morgan fingerprint density at radius 3 is 2.26 bits per heavy atom. The van der Waals surface area contributed by atoms with Gasteiger partial charge in [0.25, 0.3) is 0 Å². The predicted molar refractivity (Wildman–Crippen MR) is 78.2 cm³/mol. The lowest BCUT2D eigenvalue weighted by molar-refractivity contribution is -0.150. The summed E-state index contributed by atoms with van der Waals surface area (Å²) >= 11 is 0. The van der Waals surface area contributed by atoms with Gasteiger partial charge in [0.2, 0.25) is 5.91 Å². The number of ether oxygens (including phenoxy) is 1. The number of halogens is 1. The van der Waals surface area contributed by atoms with E-state index in [1.165, 1.54) is 7.11 Å². The summed E-state index contributed by atoms with van der Waals surface area (Å²) in [5.74, 6) is -0.328. The van der Waals surface area contributed by atoms with E-state index in [9.17, 15) is 9.59 Å². The van der Waals surface area contributed by atoms with Crippen LogP contribution in [0.2, 0.25) is 0 Å². The summed E-state index contributed by atoms with van der Waals surface area (Å²) in [6.07, 6.45) is 4.46. The van der Waals surface area contributed by atoms with Crippen LogP contribution in [0, 0.1) is 5.41 Å². The molecular weight excluding hydrogens is 268 g/mol. The number of nitrogens with two attached hydrogens (primary N) is 1. The zero-order valence-corrected chi connectivity index (χ0v) is 13.0. The van der Waals surface area contributed by atoms with Crippen molar-refractivity contribution >= 4 is 24.3 Å². The summed E-state index contributed by atoms with van der Waals surface area (Å²) in [6, 6.07) is 0. The largest absolute Gasteiger partial charge is 0.469 e. The Bertz CT molecular complexity index is 271. The average Bonchev–Trinajstić information content (AvgIpc) is 2.35. The van der Waals surface area contributed by atoms with Crippen molar-refractivity contribution in [3.05, 3.63) is 0 Å². The highest BCUT2D eigenvalue weighted by atomic mass is 35.5. The smallest absolute Gasteiger partial charge is 0.313 e. The third-order valence-electron chi connectivity index (χ3n) is 2.82. The van der Waals surface area contributed by atoms with Crippen LogP contribution in [-0.4, -0.2) is 32.1 Å². The highest BCUT2D eigenvalue weighted by Crippen LogP contribution is 2.15. The second-order valence-corrected chi connectivity index (χ2v) is 5.11. The molecule has 6 heteroatoms. The van der Waals surface area contributed by atoms with Crippen molar-refractivity contribution < 1.29 is 14.3 Å². The summed E-state index contributed by atoms with van der Waals surface area (Å²) in [5, 5.41) is 2.76. The molecule has 1 amide bonds. The van der Waals surface area contributed by atoms with Crippen LogP contribution >= 0.6 is 12.4 Å². The summed E-state index contributed by atoms with van der Waals surface area (Å²) in [6.45, 7) is 4.52. The van der Waals surface area contributed by atoms with E-state index < -0.39 is 5.41 Å². The number of hydrogen-bond acceptors (Lipinski definition) is 4. The van der Waals surface area contributed by atoms with Gasteiger partial charge in [0, 0.05) is 13.0 Å². The minimum absolute atomic E-state index is 0. The molecule has 19 heavy (non-hydrogen) atoms. The first-order valence-corrected chi connectivity index (χ1v) is 6.49. The number of methoxy groups -OCH3 is 1. The third kappa shape index (κ3) is 9.73. The monoisotopic (exact) mass is 294 g/mol. The molecule has 0 saturated heterocycles. The Labute approximate surface area is 122 Å². The Kier molecular flexibility index (Phi) is 11.9. The second-order valence-electron chi connectivity index (χ2n) is 5.11. The van der Waals surface area contributed by atoms with Crippen molar-refractivity contribution in [3.63, 3.8) is 0 Å². The number of unbranched alkanes of at least 4 members (excludes halogenated alkanes) is 3. The predicted octanol–water partition coefficient (Wildman–Crippen LogP) is 1.63. The first-order chi connectivity index (χ1) is 8.44. The number of hydrogen-bond donors (Lipinski definition) is 2. The Morgan fingerprint density at radius 1 is 1.16 bits per heavy atom. The van der Waals surface area contributed by atoms with Crippen LogP contribution in [0.3, 0.4) is 0 Å². The molecule has 114 valence electrons. The van der Waals surface area contributed by atoms with Gasteiger partial charge in [-0.1, -0.05) is 12.8 Å². The molecule has 0 rings (SSSR count).